The number of hydrogen-bond acceptors (Lipinski definition) is 2. The van der Waals surface area contributed by atoms with Gasteiger partial charge < -0.3 is 9.47 Å². The summed E-state index contributed by atoms with van der Waals surface area (Å²) in [4.78, 5) is 3.74. The molecule has 3 aliphatic rings. The third-order valence-corrected chi connectivity index (χ3v) is 11.3. The molecule has 1 atom stereocenters. The number of para-hydroxylation sites is 3. The first-order chi connectivity index (χ1) is 23.8. The largest absolute Gasteiger partial charge is 0.329 e. The number of benzene rings is 6. The number of aromatic nitrogens is 1. The van der Waals surface area contributed by atoms with Crippen LogP contribution in [0.5, 0.6) is 0 Å². The minimum absolute atomic E-state index is 0.177. The van der Waals surface area contributed by atoms with Gasteiger partial charge in [-0.2, -0.15) is 0 Å². The highest BCUT2D eigenvalue weighted by Gasteiger charge is 2.43. The van der Waals surface area contributed by atoms with Gasteiger partial charge in [0.05, 0.1) is 11.1 Å². The number of fused-ring (bicyclic) bond motifs is 7. The fourth-order valence-corrected chi connectivity index (χ4v) is 9.50. The van der Waals surface area contributed by atoms with Crippen molar-refractivity contribution in [1.82, 2.24) is 4.57 Å². The van der Waals surface area contributed by atoms with E-state index in [1.54, 1.807) is 0 Å². The predicted molar refractivity (Wildman–Crippen MR) is 205 cm³/mol. The van der Waals surface area contributed by atoms with Gasteiger partial charge in [-0.3, -0.25) is 0 Å². The number of nitrogens with zero attached hydrogens (tertiary/aromatic N) is 2. The molecular formula is C44H31BN2S. The minimum atomic E-state index is 0.177. The van der Waals surface area contributed by atoms with E-state index in [2.05, 4.69) is 179 Å². The normalized spacial score (nSPS) is 15.3. The van der Waals surface area contributed by atoms with Crippen LogP contribution in [0, 0.1) is 0 Å². The molecule has 0 radical (unpaired) electrons. The van der Waals surface area contributed by atoms with E-state index in [4.69, 9.17) is 0 Å². The average Bonchev–Trinajstić information content (AvgIpc) is 3.66. The van der Waals surface area contributed by atoms with E-state index in [0.29, 0.717) is 6.04 Å². The first kappa shape index (κ1) is 27.6. The second kappa shape index (κ2) is 11.1. The lowest BCUT2D eigenvalue weighted by atomic mass is 9.38. The van der Waals surface area contributed by atoms with Crippen molar-refractivity contribution < 1.29 is 0 Å². The van der Waals surface area contributed by atoms with Crippen LogP contribution in [0.25, 0.3) is 33.2 Å². The molecule has 10 rings (SSSR count). The average molecular weight is 631 g/mol. The topological polar surface area (TPSA) is 8.17 Å². The zero-order valence-corrected chi connectivity index (χ0v) is 27.1. The molecule has 1 aliphatic carbocycles. The van der Waals surface area contributed by atoms with Crippen molar-refractivity contribution in [1.29, 1.82) is 0 Å². The van der Waals surface area contributed by atoms with E-state index < -0.39 is 0 Å². The molecule has 226 valence electrons. The second-order valence-corrected chi connectivity index (χ2v) is 13.9. The Bertz CT molecular complexity index is 2370. The molecule has 6 aromatic carbocycles. The SMILES string of the molecule is C1=CCC(n2c3c(c4ccccc42)B2c4ccc(N(c5ccccc5)c5ccccc5)cc4-c4cc(-c5ccccc5)cc(c42)S3)C=C1. The molecule has 4 heteroatoms. The standard InChI is InChI=1S/C44H31BN2S/c1-5-15-30(16-6-1)31-27-38-37-29-35(46(32-17-7-2-8-18-32)33-19-9-3-10-20-33)25-26-39(37)45-42(38)41(28-31)48-44-43(45)36-23-13-14-24-40(36)47(44)34-21-11-4-12-22-34/h1-21,23-29,34H,22H2. The van der Waals surface area contributed by atoms with E-state index >= 15 is 0 Å². The molecule has 0 saturated heterocycles. The fourth-order valence-electron chi connectivity index (χ4n) is 8.10. The van der Waals surface area contributed by atoms with Crippen LogP contribution >= 0.6 is 11.8 Å². The molecule has 0 saturated carbocycles. The maximum atomic E-state index is 2.62. The van der Waals surface area contributed by atoms with Gasteiger partial charge in [-0.1, -0.05) is 133 Å². The van der Waals surface area contributed by atoms with Crippen LogP contribution < -0.4 is 21.3 Å². The third kappa shape index (κ3) is 4.22. The van der Waals surface area contributed by atoms with Crippen LogP contribution in [-0.2, 0) is 0 Å². The molecule has 0 N–H and O–H groups in total. The first-order valence-corrected chi connectivity index (χ1v) is 17.6. The number of rotatable bonds is 5. The van der Waals surface area contributed by atoms with Crippen molar-refractivity contribution in [3.8, 4) is 22.3 Å². The molecule has 7 aromatic rings. The van der Waals surface area contributed by atoms with Crippen LogP contribution in [0.15, 0.2) is 180 Å². The monoisotopic (exact) mass is 630 g/mol. The highest BCUT2D eigenvalue weighted by molar-refractivity contribution is 8.00. The van der Waals surface area contributed by atoms with Crippen LogP contribution in [-0.4, -0.2) is 11.3 Å². The zero-order valence-electron chi connectivity index (χ0n) is 26.3. The number of hydrogen-bond donors (Lipinski definition) is 0. The van der Waals surface area contributed by atoms with Crippen molar-refractivity contribution in [2.45, 2.75) is 22.4 Å². The summed E-state index contributed by atoms with van der Waals surface area (Å²) < 4.78 is 2.62. The summed E-state index contributed by atoms with van der Waals surface area (Å²) >= 11 is 1.96. The van der Waals surface area contributed by atoms with Gasteiger partial charge in [-0.15, -0.1) is 0 Å². The highest BCUT2D eigenvalue weighted by Crippen LogP contribution is 2.45. The molecule has 2 aliphatic heterocycles. The maximum Gasteiger partial charge on any atom is 0.248 e. The van der Waals surface area contributed by atoms with Crippen molar-refractivity contribution >= 4 is 62.8 Å². The van der Waals surface area contributed by atoms with E-state index in [9.17, 15) is 0 Å². The Morgan fingerprint density at radius 1 is 0.604 bits per heavy atom. The molecular weight excluding hydrogens is 599 g/mol. The second-order valence-electron chi connectivity index (χ2n) is 12.8. The molecule has 0 bridgehead atoms. The summed E-state index contributed by atoms with van der Waals surface area (Å²) in [6.07, 6.45) is 10.1. The molecule has 0 fully saturated rings. The Morgan fingerprint density at radius 2 is 1.31 bits per heavy atom. The van der Waals surface area contributed by atoms with Crippen molar-refractivity contribution in [3.63, 3.8) is 0 Å². The van der Waals surface area contributed by atoms with Gasteiger partial charge in [0.25, 0.3) is 0 Å². The van der Waals surface area contributed by atoms with E-state index in [0.717, 1.165) is 23.5 Å². The van der Waals surface area contributed by atoms with E-state index in [1.807, 2.05) is 11.8 Å². The Morgan fingerprint density at radius 3 is 2.04 bits per heavy atom. The van der Waals surface area contributed by atoms with Gasteiger partial charge in [0.2, 0.25) is 6.71 Å². The zero-order chi connectivity index (χ0) is 31.6. The van der Waals surface area contributed by atoms with Gasteiger partial charge in [-0.05, 0) is 99.6 Å². The summed E-state index contributed by atoms with van der Waals surface area (Å²) in [5.74, 6) is 0. The lowest BCUT2D eigenvalue weighted by molar-refractivity contribution is 0.590. The van der Waals surface area contributed by atoms with E-state index in [1.165, 1.54) is 59.5 Å². The molecule has 2 nitrogen and oxygen atoms in total. The van der Waals surface area contributed by atoms with Crippen LogP contribution in [0.2, 0.25) is 0 Å². The summed E-state index contributed by atoms with van der Waals surface area (Å²) in [5, 5.41) is 2.74. The lowest BCUT2D eigenvalue weighted by Gasteiger charge is -2.26. The van der Waals surface area contributed by atoms with Gasteiger partial charge in [0.15, 0.2) is 0 Å². The molecule has 3 heterocycles. The Labute approximate surface area is 285 Å². The Hall–Kier alpha value is -5.45. The summed E-state index contributed by atoms with van der Waals surface area (Å²) in [7, 11) is 0. The molecule has 0 amide bonds. The Balaban J connectivity index is 1.24. The Kier molecular flexibility index (Phi) is 6.38. The molecule has 1 aromatic heterocycles. The third-order valence-electron chi connectivity index (χ3n) is 10.2. The minimum Gasteiger partial charge on any atom is -0.329 e. The van der Waals surface area contributed by atoms with Gasteiger partial charge in [0.1, 0.15) is 0 Å². The smallest absolute Gasteiger partial charge is 0.248 e. The first-order valence-electron chi connectivity index (χ1n) is 16.8. The summed E-state index contributed by atoms with van der Waals surface area (Å²) in [6.45, 7) is 0.177. The van der Waals surface area contributed by atoms with Gasteiger partial charge in [0, 0.05) is 27.5 Å². The quantitative estimate of drug-likeness (QED) is 0.175. The highest BCUT2D eigenvalue weighted by atomic mass is 32.2. The molecule has 1 unspecified atom stereocenters. The molecule has 0 spiro atoms. The maximum absolute atomic E-state index is 2.62. The predicted octanol–water partition coefficient (Wildman–Crippen LogP) is 9.80. The van der Waals surface area contributed by atoms with Crippen LogP contribution in [0.3, 0.4) is 0 Å². The van der Waals surface area contributed by atoms with Gasteiger partial charge >= 0.3 is 0 Å². The van der Waals surface area contributed by atoms with Gasteiger partial charge in [-0.25, -0.2) is 0 Å². The summed E-state index contributed by atoms with van der Waals surface area (Å²) in [6, 6.07) is 53.8. The van der Waals surface area contributed by atoms with Crippen molar-refractivity contribution in [2.24, 2.45) is 0 Å². The van der Waals surface area contributed by atoms with Crippen LogP contribution in [0.1, 0.15) is 12.5 Å². The molecule has 48 heavy (non-hydrogen) atoms. The van der Waals surface area contributed by atoms with Crippen molar-refractivity contribution in [3.05, 3.63) is 170 Å². The lowest BCUT2D eigenvalue weighted by Crippen LogP contribution is -2.52. The van der Waals surface area contributed by atoms with Crippen LogP contribution in [0.4, 0.5) is 17.1 Å². The number of anilines is 3. The van der Waals surface area contributed by atoms with E-state index in [-0.39, 0.29) is 6.71 Å². The summed E-state index contributed by atoms with van der Waals surface area (Å²) in [5.41, 5.74) is 14.3. The fraction of sp³-hybridized carbons (Fsp3) is 0.0455. The van der Waals surface area contributed by atoms with Crippen molar-refractivity contribution in [2.75, 3.05) is 4.90 Å². The number of allylic oxidation sites excluding steroid dienone is 4.